The lowest BCUT2D eigenvalue weighted by Crippen LogP contribution is -2.46. The van der Waals surface area contributed by atoms with Crippen molar-refractivity contribution in [3.8, 4) is 0 Å². The van der Waals surface area contributed by atoms with Crippen LogP contribution in [0.1, 0.15) is 49.3 Å². The number of hydrazone groups is 1. The first-order valence-corrected chi connectivity index (χ1v) is 11.3. The highest BCUT2D eigenvalue weighted by Gasteiger charge is 2.54. The Morgan fingerprint density at radius 3 is 2.06 bits per heavy atom. The third-order valence-electron chi connectivity index (χ3n) is 6.83. The van der Waals surface area contributed by atoms with Crippen LogP contribution in [0.3, 0.4) is 0 Å². The molecule has 0 bridgehead atoms. The first-order valence-electron chi connectivity index (χ1n) is 11.3. The molecule has 1 atom stereocenters. The molecule has 1 fully saturated rings. The number of amides is 2. The van der Waals surface area contributed by atoms with Crippen LogP contribution in [0.15, 0.2) is 96.1 Å². The average Bonchev–Trinajstić information content (AvgIpc) is 3.51. The van der Waals surface area contributed by atoms with Gasteiger partial charge in [0.1, 0.15) is 0 Å². The Balaban J connectivity index is 1.46. The molecule has 4 nitrogen and oxygen atoms in total. The number of nitrogens with one attached hydrogen (secondary N) is 1. The van der Waals surface area contributed by atoms with Crippen molar-refractivity contribution in [1.29, 1.82) is 0 Å². The second kappa shape index (κ2) is 7.94. The Hall–Kier alpha value is -3.40. The van der Waals surface area contributed by atoms with Gasteiger partial charge in [-0.3, -0.25) is 0 Å². The summed E-state index contributed by atoms with van der Waals surface area (Å²) in [7, 11) is 0. The van der Waals surface area contributed by atoms with Gasteiger partial charge in [-0.05, 0) is 43.4 Å². The fourth-order valence-electron chi connectivity index (χ4n) is 4.84. The second-order valence-electron chi connectivity index (χ2n) is 9.40. The van der Waals surface area contributed by atoms with Crippen molar-refractivity contribution >= 4 is 11.7 Å². The van der Waals surface area contributed by atoms with Crippen molar-refractivity contribution in [3.63, 3.8) is 0 Å². The summed E-state index contributed by atoms with van der Waals surface area (Å²) in [6.45, 7) is 4.62. The van der Waals surface area contributed by atoms with Gasteiger partial charge in [-0.25, -0.2) is 9.80 Å². The van der Waals surface area contributed by atoms with Crippen molar-refractivity contribution in [3.05, 3.63) is 108 Å². The lowest BCUT2D eigenvalue weighted by molar-refractivity contribution is 0.192. The van der Waals surface area contributed by atoms with E-state index in [0.29, 0.717) is 6.54 Å². The molecule has 5 rings (SSSR count). The zero-order valence-electron chi connectivity index (χ0n) is 18.7. The van der Waals surface area contributed by atoms with Gasteiger partial charge in [0.05, 0.1) is 17.8 Å². The summed E-state index contributed by atoms with van der Waals surface area (Å²) in [5, 5.41) is 9.81. The van der Waals surface area contributed by atoms with E-state index in [1.165, 1.54) is 11.1 Å². The number of carbonyl (C=O) groups excluding carboxylic acids is 1. The van der Waals surface area contributed by atoms with Crippen LogP contribution < -0.4 is 5.32 Å². The second-order valence-corrected chi connectivity index (χ2v) is 9.40. The van der Waals surface area contributed by atoms with Gasteiger partial charge in [0.15, 0.2) is 0 Å². The Bertz CT molecular complexity index is 1120. The van der Waals surface area contributed by atoms with E-state index < -0.39 is 5.54 Å². The molecule has 1 aliphatic heterocycles. The smallest absolute Gasteiger partial charge is 0.328 e. The molecule has 4 heteroatoms. The predicted octanol–water partition coefficient (Wildman–Crippen LogP) is 5.82. The van der Waals surface area contributed by atoms with Crippen molar-refractivity contribution in [2.45, 2.75) is 43.6 Å². The molecule has 1 heterocycles. The number of urea groups is 1. The Kier molecular flexibility index (Phi) is 5.09. The van der Waals surface area contributed by atoms with Gasteiger partial charge in [-0.1, -0.05) is 91.0 Å². The maximum absolute atomic E-state index is 13.3. The van der Waals surface area contributed by atoms with Crippen LogP contribution in [0, 0.1) is 0 Å². The van der Waals surface area contributed by atoms with Gasteiger partial charge in [-0.15, -0.1) is 0 Å². The molecule has 0 aromatic heterocycles. The maximum atomic E-state index is 13.3. The average molecular weight is 424 g/mol. The van der Waals surface area contributed by atoms with E-state index in [9.17, 15) is 4.79 Å². The minimum absolute atomic E-state index is 0.0637. The number of rotatable bonds is 5. The van der Waals surface area contributed by atoms with Gasteiger partial charge in [0.2, 0.25) is 0 Å². The third kappa shape index (κ3) is 3.70. The Labute approximate surface area is 190 Å². The van der Waals surface area contributed by atoms with E-state index in [4.69, 9.17) is 5.10 Å². The first kappa shape index (κ1) is 20.5. The van der Waals surface area contributed by atoms with Crippen LogP contribution in [0.25, 0.3) is 0 Å². The van der Waals surface area contributed by atoms with E-state index in [1.807, 2.05) is 50.2 Å². The van der Waals surface area contributed by atoms with Crippen LogP contribution in [-0.4, -0.2) is 23.3 Å². The summed E-state index contributed by atoms with van der Waals surface area (Å²) in [6, 6.07) is 31.0. The summed E-state index contributed by atoms with van der Waals surface area (Å²) >= 11 is 0. The normalized spacial score (nSPS) is 19.4. The summed E-state index contributed by atoms with van der Waals surface area (Å²) in [5.41, 5.74) is 4.14. The van der Waals surface area contributed by atoms with Gasteiger partial charge in [0, 0.05) is 11.3 Å². The molecule has 32 heavy (non-hydrogen) atoms. The molecular weight excluding hydrogens is 394 g/mol. The maximum Gasteiger partial charge on any atom is 0.338 e. The minimum atomic E-state index is -0.491. The fourth-order valence-corrected chi connectivity index (χ4v) is 4.84. The molecule has 2 amide bonds. The van der Waals surface area contributed by atoms with Crippen LogP contribution in [0.2, 0.25) is 0 Å². The molecular formula is C28H29N3O. The lowest BCUT2D eigenvalue weighted by atomic mass is 9.81. The van der Waals surface area contributed by atoms with Crippen molar-refractivity contribution in [2.75, 3.05) is 6.54 Å². The van der Waals surface area contributed by atoms with E-state index in [-0.39, 0.29) is 17.4 Å². The quantitative estimate of drug-likeness (QED) is 0.552. The van der Waals surface area contributed by atoms with E-state index >= 15 is 0 Å². The number of hydrogen-bond acceptors (Lipinski definition) is 2. The zero-order chi connectivity index (χ0) is 22.2. The van der Waals surface area contributed by atoms with Gasteiger partial charge >= 0.3 is 6.03 Å². The zero-order valence-corrected chi connectivity index (χ0v) is 18.7. The van der Waals surface area contributed by atoms with Crippen LogP contribution in [0.4, 0.5) is 4.79 Å². The van der Waals surface area contributed by atoms with Crippen molar-refractivity contribution < 1.29 is 4.79 Å². The predicted molar refractivity (Wildman–Crippen MR) is 129 cm³/mol. The van der Waals surface area contributed by atoms with Crippen molar-refractivity contribution in [2.24, 2.45) is 5.10 Å². The molecule has 1 unspecified atom stereocenters. The molecule has 0 spiro atoms. The molecule has 1 aliphatic carbocycles. The number of carbonyl (C=O) groups is 1. The molecule has 0 radical (unpaired) electrons. The Morgan fingerprint density at radius 2 is 1.47 bits per heavy atom. The largest absolute Gasteiger partial charge is 0.338 e. The molecule has 2 aliphatic rings. The summed E-state index contributed by atoms with van der Waals surface area (Å²) < 4.78 is 0. The summed E-state index contributed by atoms with van der Waals surface area (Å²) in [4.78, 5) is 13.3. The first-order chi connectivity index (χ1) is 15.5. The third-order valence-corrected chi connectivity index (χ3v) is 6.83. The Morgan fingerprint density at radius 1 is 0.906 bits per heavy atom. The highest BCUT2D eigenvalue weighted by molar-refractivity contribution is 6.04. The van der Waals surface area contributed by atoms with E-state index in [2.05, 4.69) is 59.9 Å². The summed E-state index contributed by atoms with van der Waals surface area (Å²) in [5.74, 6) is 0.101. The SMILES string of the molecule is CC(C)(NC(=O)N1CC(c2ccccc2)C(C2(c3ccccc3)CC2)=N1)c1ccccc1. The summed E-state index contributed by atoms with van der Waals surface area (Å²) in [6.07, 6.45) is 2.15. The van der Waals surface area contributed by atoms with E-state index in [0.717, 1.165) is 24.1 Å². The molecule has 162 valence electrons. The molecule has 1 N–H and O–H groups in total. The van der Waals surface area contributed by atoms with Gasteiger partial charge < -0.3 is 5.32 Å². The van der Waals surface area contributed by atoms with Crippen LogP contribution in [0.5, 0.6) is 0 Å². The highest BCUT2D eigenvalue weighted by atomic mass is 16.2. The lowest BCUT2D eigenvalue weighted by Gasteiger charge is -2.28. The molecule has 3 aromatic carbocycles. The topological polar surface area (TPSA) is 44.7 Å². The molecule has 1 saturated carbocycles. The molecule has 3 aromatic rings. The van der Waals surface area contributed by atoms with E-state index in [1.54, 1.807) is 5.01 Å². The van der Waals surface area contributed by atoms with Crippen molar-refractivity contribution in [1.82, 2.24) is 10.3 Å². The minimum Gasteiger partial charge on any atom is -0.328 e. The van der Waals surface area contributed by atoms with Gasteiger partial charge in [-0.2, -0.15) is 5.10 Å². The number of benzene rings is 3. The van der Waals surface area contributed by atoms with Crippen LogP contribution in [-0.2, 0) is 11.0 Å². The monoisotopic (exact) mass is 423 g/mol. The number of nitrogens with zero attached hydrogens (tertiary/aromatic N) is 2. The molecule has 0 saturated heterocycles. The highest BCUT2D eigenvalue weighted by Crippen LogP contribution is 2.53. The van der Waals surface area contributed by atoms with Gasteiger partial charge in [0.25, 0.3) is 0 Å². The number of hydrogen-bond donors (Lipinski definition) is 1. The standard InChI is InChI=1S/C28H29N3O/c1-27(2,22-14-8-4-9-15-22)29-26(32)31-20-24(21-12-6-3-7-13-21)25(30-31)28(18-19-28)23-16-10-5-11-17-23/h3-17,24H,18-20H2,1-2H3,(H,29,32). The fraction of sp³-hybridized carbons (Fsp3) is 0.286. The van der Waals surface area contributed by atoms with Crippen LogP contribution >= 0.6 is 0 Å².